The molecule has 1 unspecified atom stereocenters. The Balaban J connectivity index is 2.13. The maximum absolute atomic E-state index is 11.2. The third kappa shape index (κ3) is 4.86. The zero-order valence-corrected chi connectivity index (χ0v) is 12.2. The number of terminal acetylenes is 1. The number of benzene rings is 1. The topological polar surface area (TPSA) is 35.5 Å². The van der Waals surface area contributed by atoms with Crippen molar-refractivity contribution in [3.8, 4) is 12.3 Å². The lowest BCUT2D eigenvalue weighted by atomic mass is 10.1. The predicted molar refractivity (Wildman–Crippen MR) is 81.6 cm³/mol. The molecule has 110 valence electrons. The smallest absolute Gasteiger partial charge is 0.158 e. The summed E-state index contributed by atoms with van der Waals surface area (Å²) in [6.45, 7) is 2.25. The standard InChI is InChI=1S/C18H20O3/c1-3-15-8-10-16(11-9-15)17(12-7-14(2)19)21-18-6-4-5-13-20-18/h1,7-12,17-18H,4-6,13H2,2H3/b12-7+/t17-,18?/m1/s1. The Kier molecular flexibility index (Phi) is 5.74. The SMILES string of the molecule is C#Cc1ccc([C@@H](/C=C/C(C)=O)OC2CCCCO2)cc1. The molecule has 3 nitrogen and oxygen atoms in total. The lowest BCUT2D eigenvalue weighted by molar-refractivity contribution is -0.180. The van der Waals surface area contributed by atoms with Crippen molar-refractivity contribution >= 4 is 5.78 Å². The number of hydrogen-bond acceptors (Lipinski definition) is 3. The van der Waals surface area contributed by atoms with Gasteiger partial charge < -0.3 is 9.47 Å². The van der Waals surface area contributed by atoms with Crippen LogP contribution in [0.5, 0.6) is 0 Å². The minimum absolute atomic E-state index is 0.00610. The van der Waals surface area contributed by atoms with E-state index >= 15 is 0 Å². The van der Waals surface area contributed by atoms with E-state index in [1.165, 1.54) is 13.0 Å². The summed E-state index contributed by atoms with van der Waals surface area (Å²) in [5.74, 6) is 2.58. The van der Waals surface area contributed by atoms with Crippen LogP contribution in [-0.4, -0.2) is 18.7 Å². The van der Waals surface area contributed by atoms with Gasteiger partial charge in [0.05, 0.1) is 0 Å². The summed E-state index contributed by atoms with van der Waals surface area (Å²) >= 11 is 0. The van der Waals surface area contributed by atoms with Gasteiger partial charge in [-0.05, 0) is 56.0 Å². The van der Waals surface area contributed by atoms with E-state index in [-0.39, 0.29) is 18.2 Å². The van der Waals surface area contributed by atoms with Gasteiger partial charge in [-0.1, -0.05) is 18.1 Å². The zero-order chi connectivity index (χ0) is 15.1. The second kappa shape index (κ2) is 7.78. The van der Waals surface area contributed by atoms with Gasteiger partial charge in [-0.2, -0.15) is 0 Å². The largest absolute Gasteiger partial charge is 0.353 e. The van der Waals surface area contributed by atoms with E-state index in [1.807, 2.05) is 24.3 Å². The summed E-state index contributed by atoms with van der Waals surface area (Å²) in [6, 6.07) is 7.59. The van der Waals surface area contributed by atoms with Gasteiger partial charge in [0, 0.05) is 12.2 Å². The molecule has 0 radical (unpaired) electrons. The van der Waals surface area contributed by atoms with Crippen molar-refractivity contribution in [2.45, 2.75) is 38.6 Å². The van der Waals surface area contributed by atoms with E-state index < -0.39 is 0 Å². The second-order valence-corrected chi connectivity index (χ2v) is 5.09. The van der Waals surface area contributed by atoms with Crippen LogP contribution in [0.25, 0.3) is 0 Å². The van der Waals surface area contributed by atoms with E-state index in [1.54, 1.807) is 6.08 Å². The van der Waals surface area contributed by atoms with Crippen LogP contribution < -0.4 is 0 Å². The Morgan fingerprint density at radius 2 is 2.19 bits per heavy atom. The summed E-state index contributed by atoms with van der Waals surface area (Å²) in [7, 11) is 0. The summed E-state index contributed by atoms with van der Waals surface area (Å²) in [5.41, 5.74) is 1.78. The van der Waals surface area contributed by atoms with Gasteiger partial charge in [0.25, 0.3) is 0 Å². The Bertz CT molecular complexity index is 531. The molecule has 1 aliphatic heterocycles. The molecule has 0 aliphatic carbocycles. The molecule has 3 heteroatoms. The maximum Gasteiger partial charge on any atom is 0.158 e. The monoisotopic (exact) mass is 284 g/mol. The lowest BCUT2D eigenvalue weighted by Gasteiger charge is -2.26. The molecule has 0 bridgehead atoms. The predicted octanol–water partition coefficient (Wildman–Crippen LogP) is 3.40. The van der Waals surface area contributed by atoms with Gasteiger partial charge >= 0.3 is 0 Å². The van der Waals surface area contributed by atoms with Gasteiger partial charge in [0.2, 0.25) is 0 Å². The summed E-state index contributed by atoms with van der Waals surface area (Å²) in [4.78, 5) is 11.2. The number of ketones is 1. The minimum Gasteiger partial charge on any atom is -0.353 e. The molecule has 0 aromatic heterocycles. The highest BCUT2D eigenvalue weighted by atomic mass is 16.7. The Hall–Kier alpha value is -1.89. The number of carbonyl (C=O) groups is 1. The third-order valence-corrected chi connectivity index (χ3v) is 3.35. The Labute approximate surface area is 126 Å². The van der Waals surface area contributed by atoms with Crippen molar-refractivity contribution in [2.75, 3.05) is 6.61 Å². The molecule has 1 aliphatic rings. The molecule has 1 heterocycles. The molecule has 0 N–H and O–H groups in total. The van der Waals surface area contributed by atoms with Crippen LogP contribution in [0, 0.1) is 12.3 Å². The fourth-order valence-electron chi connectivity index (χ4n) is 2.21. The third-order valence-electron chi connectivity index (χ3n) is 3.35. The van der Waals surface area contributed by atoms with Crippen molar-refractivity contribution in [2.24, 2.45) is 0 Å². The van der Waals surface area contributed by atoms with Crippen LogP contribution in [0.1, 0.15) is 43.4 Å². The second-order valence-electron chi connectivity index (χ2n) is 5.09. The fourth-order valence-corrected chi connectivity index (χ4v) is 2.21. The van der Waals surface area contributed by atoms with Crippen molar-refractivity contribution in [1.29, 1.82) is 0 Å². The van der Waals surface area contributed by atoms with Crippen LogP contribution in [0.15, 0.2) is 36.4 Å². The van der Waals surface area contributed by atoms with Gasteiger partial charge in [0.1, 0.15) is 6.10 Å². The van der Waals surface area contributed by atoms with E-state index in [0.717, 1.165) is 37.0 Å². The molecular formula is C18H20O3. The van der Waals surface area contributed by atoms with Gasteiger partial charge in [-0.15, -0.1) is 6.42 Å². The zero-order valence-electron chi connectivity index (χ0n) is 12.2. The number of allylic oxidation sites excluding steroid dienone is 1. The molecule has 1 fully saturated rings. The van der Waals surface area contributed by atoms with E-state index in [0.29, 0.717) is 0 Å². The van der Waals surface area contributed by atoms with Crippen LogP contribution in [0.3, 0.4) is 0 Å². The van der Waals surface area contributed by atoms with E-state index in [9.17, 15) is 4.79 Å². The Morgan fingerprint density at radius 3 is 2.76 bits per heavy atom. The van der Waals surface area contributed by atoms with Crippen molar-refractivity contribution in [3.63, 3.8) is 0 Å². The fraction of sp³-hybridized carbons (Fsp3) is 0.389. The number of hydrogen-bond donors (Lipinski definition) is 0. The maximum atomic E-state index is 11.2. The number of ether oxygens (including phenoxy) is 2. The van der Waals surface area contributed by atoms with Gasteiger partial charge in [-0.3, -0.25) is 4.79 Å². The molecule has 2 rings (SSSR count). The number of carbonyl (C=O) groups excluding carboxylic acids is 1. The quantitative estimate of drug-likeness (QED) is 0.614. The first-order chi connectivity index (χ1) is 10.2. The summed E-state index contributed by atoms with van der Waals surface area (Å²) in [6.07, 6.45) is 11.2. The highest BCUT2D eigenvalue weighted by Crippen LogP contribution is 2.25. The molecule has 1 aromatic rings. The molecule has 0 spiro atoms. The van der Waals surface area contributed by atoms with Crippen LogP contribution in [0.4, 0.5) is 0 Å². The van der Waals surface area contributed by atoms with E-state index in [2.05, 4.69) is 5.92 Å². The van der Waals surface area contributed by atoms with Crippen molar-refractivity contribution in [1.82, 2.24) is 0 Å². The first-order valence-corrected chi connectivity index (χ1v) is 7.21. The van der Waals surface area contributed by atoms with Crippen molar-refractivity contribution in [3.05, 3.63) is 47.5 Å². The minimum atomic E-state index is -0.302. The normalized spacial score (nSPS) is 20.1. The average molecular weight is 284 g/mol. The molecule has 0 saturated carbocycles. The Morgan fingerprint density at radius 1 is 1.43 bits per heavy atom. The summed E-state index contributed by atoms with van der Waals surface area (Å²) in [5, 5.41) is 0. The van der Waals surface area contributed by atoms with Crippen LogP contribution in [-0.2, 0) is 14.3 Å². The molecular weight excluding hydrogens is 264 g/mol. The number of rotatable bonds is 5. The van der Waals surface area contributed by atoms with Gasteiger partial charge in [0.15, 0.2) is 12.1 Å². The molecule has 2 atom stereocenters. The highest BCUT2D eigenvalue weighted by Gasteiger charge is 2.19. The van der Waals surface area contributed by atoms with Crippen molar-refractivity contribution < 1.29 is 14.3 Å². The first kappa shape index (κ1) is 15.5. The first-order valence-electron chi connectivity index (χ1n) is 7.21. The average Bonchev–Trinajstić information content (AvgIpc) is 2.52. The van der Waals surface area contributed by atoms with Crippen LogP contribution in [0.2, 0.25) is 0 Å². The summed E-state index contributed by atoms with van der Waals surface area (Å²) < 4.78 is 11.6. The van der Waals surface area contributed by atoms with Crippen LogP contribution >= 0.6 is 0 Å². The molecule has 0 amide bonds. The molecule has 1 saturated heterocycles. The highest BCUT2D eigenvalue weighted by molar-refractivity contribution is 5.87. The van der Waals surface area contributed by atoms with E-state index in [4.69, 9.17) is 15.9 Å². The lowest BCUT2D eigenvalue weighted by Crippen LogP contribution is -2.24. The van der Waals surface area contributed by atoms with Gasteiger partial charge in [-0.25, -0.2) is 0 Å². The molecule has 21 heavy (non-hydrogen) atoms. The molecule has 1 aromatic carbocycles.